The van der Waals surface area contributed by atoms with Gasteiger partial charge in [-0.2, -0.15) is 0 Å². The maximum absolute atomic E-state index is 10.6. The van der Waals surface area contributed by atoms with Crippen LogP contribution in [0.25, 0.3) is 4.85 Å². The van der Waals surface area contributed by atoms with Gasteiger partial charge in [0.05, 0.1) is 12.7 Å². The lowest BCUT2D eigenvalue weighted by atomic mass is 10.1. The van der Waals surface area contributed by atoms with Gasteiger partial charge < -0.3 is 9.58 Å². The number of ether oxygens (including phenoxy) is 1. The first kappa shape index (κ1) is 9.27. The van der Waals surface area contributed by atoms with Crippen LogP contribution in [-0.4, -0.2) is 13.4 Å². The van der Waals surface area contributed by atoms with Crippen LogP contribution in [0.1, 0.15) is 15.9 Å². The SMILES string of the molecule is [C-]#[N+]Cc1ccc(OC)c(C=O)c1. The second-order valence-corrected chi connectivity index (χ2v) is 2.51. The summed E-state index contributed by atoms with van der Waals surface area (Å²) >= 11 is 0. The van der Waals surface area contributed by atoms with Crippen molar-refractivity contribution in [2.24, 2.45) is 0 Å². The standard InChI is InChI=1S/C10H9NO2/c1-11-6-8-3-4-10(13-2)9(5-8)7-12/h3-5,7H,6H2,2H3. The molecule has 0 fully saturated rings. The molecule has 0 radical (unpaired) electrons. The summed E-state index contributed by atoms with van der Waals surface area (Å²) in [6.45, 7) is 6.97. The minimum absolute atomic E-state index is 0.296. The number of carbonyl (C=O) groups excluding carboxylic acids is 1. The van der Waals surface area contributed by atoms with E-state index in [1.807, 2.05) is 0 Å². The van der Waals surface area contributed by atoms with Crippen molar-refractivity contribution in [2.45, 2.75) is 6.54 Å². The summed E-state index contributed by atoms with van der Waals surface area (Å²) in [7, 11) is 1.51. The Kier molecular flexibility index (Phi) is 3.04. The predicted octanol–water partition coefficient (Wildman–Crippen LogP) is 1.93. The largest absolute Gasteiger partial charge is 0.496 e. The highest BCUT2D eigenvalue weighted by molar-refractivity contribution is 5.79. The zero-order valence-corrected chi connectivity index (χ0v) is 7.28. The van der Waals surface area contributed by atoms with Gasteiger partial charge in [0.2, 0.25) is 6.54 Å². The third kappa shape index (κ3) is 2.06. The first-order valence-corrected chi connectivity index (χ1v) is 3.77. The van der Waals surface area contributed by atoms with Crippen molar-refractivity contribution in [1.29, 1.82) is 0 Å². The zero-order chi connectivity index (χ0) is 9.68. The van der Waals surface area contributed by atoms with Crippen molar-refractivity contribution in [3.63, 3.8) is 0 Å². The van der Waals surface area contributed by atoms with Crippen LogP contribution in [-0.2, 0) is 6.54 Å². The normalized spacial score (nSPS) is 8.92. The quantitative estimate of drug-likeness (QED) is 0.519. The van der Waals surface area contributed by atoms with Crippen molar-refractivity contribution in [1.82, 2.24) is 0 Å². The van der Waals surface area contributed by atoms with Crippen LogP contribution >= 0.6 is 0 Å². The van der Waals surface area contributed by atoms with E-state index in [9.17, 15) is 4.79 Å². The fourth-order valence-corrected chi connectivity index (χ4v) is 1.07. The number of aldehydes is 1. The van der Waals surface area contributed by atoms with E-state index in [4.69, 9.17) is 11.3 Å². The Morgan fingerprint density at radius 1 is 1.62 bits per heavy atom. The molecule has 0 bridgehead atoms. The van der Waals surface area contributed by atoms with Gasteiger partial charge in [0.25, 0.3) is 0 Å². The molecule has 0 aliphatic heterocycles. The molecule has 13 heavy (non-hydrogen) atoms. The molecule has 0 N–H and O–H groups in total. The molecular weight excluding hydrogens is 166 g/mol. The monoisotopic (exact) mass is 175 g/mol. The van der Waals surface area contributed by atoms with Crippen LogP contribution in [0, 0.1) is 6.57 Å². The molecule has 1 rings (SSSR count). The minimum atomic E-state index is 0.296. The summed E-state index contributed by atoms with van der Waals surface area (Å²) in [5, 5.41) is 0. The molecule has 66 valence electrons. The summed E-state index contributed by atoms with van der Waals surface area (Å²) in [6, 6.07) is 5.15. The highest BCUT2D eigenvalue weighted by Gasteiger charge is 2.03. The van der Waals surface area contributed by atoms with Crippen LogP contribution in [0.5, 0.6) is 5.75 Å². The van der Waals surface area contributed by atoms with Gasteiger partial charge in [-0.1, -0.05) is 0 Å². The van der Waals surface area contributed by atoms with Crippen molar-refractivity contribution >= 4 is 6.29 Å². The number of hydrogen-bond acceptors (Lipinski definition) is 2. The van der Waals surface area contributed by atoms with Crippen LogP contribution in [0.4, 0.5) is 0 Å². The van der Waals surface area contributed by atoms with Gasteiger partial charge in [0.1, 0.15) is 5.75 Å². The lowest BCUT2D eigenvalue weighted by Gasteiger charge is -2.02. The third-order valence-electron chi connectivity index (χ3n) is 1.68. The average molecular weight is 175 g/mol. The molecule has 0 saturated carbocycles. The van der Waals surface area contributed by atoms with Crippen LogP contribution in [0.3, 0.4) is 0 Å². The van der Waals surface area contributed by atoms with E-state index < -0.39 is 0 Å². The number of hydrogen-bond donors (Lipinski definition) is 0. The maximum atomic E-state index is 10.6. The molecule has 1 aromatic carbocycles. The molecule has 3 nitrogen and oxygen atoms in total. The lowest BCUT2D eigenvalue weighted by Crippen LogP contribution is -1.91. The summed E-state index contributed by atoms with van der Waals surface area (Å²) in [5.74, 6) is 0.545. The van der Waals surface area contributed by atoms with Gasteiger partial charge in [-0.05, 0) is 18.2 Å². The zero-order valence-electron chi connectivity index (χ0n) is 7.28. The molecule has 0 unspecified atom stereocenters. The molecule has 0 atom stereocenters. The van der Waals surface area contributed by atoms with E-state index in [-0.39, 0.29) is 0 Å². The van der Waals surface area contributed by atoms with E-state index in [1.54, 1.807) is 18.2 Å². The summed E-state index contributed by atoms with van der Waals surface area (Å²) < 4.78 is 4.96. The molecule has 0 aliphatic rings. The summed E-state index contributed by atoms with van der Waals surface area (Å²) in [5.41, 5.74) is 1.32. The van der Waals surface area contributed by atoms with E-state index in [0.717, 1.165) is 11.8 Å². The number of nitrogens with zero attached hydrogens (tertiary/aromatic N) is 1. The Morgan fingerprint density at radius 3 is 2.92 bits per heavy atom. The number of benzene rings is 1. The number of methoxy groups -OCH3 is 1. The van der Waals surface area contributed by atoms with E-state index in [1.165, 1.54) is 7.11 Å². The average Bonchev–Trinajstić information content (AvgIpc) is 2.18. The smallest absolute Gasteiger partial charge is 0.239 e. The Labute approximate surface area is 76.8 Å². The van der Waals surface area contributed by atoms with Gasteiger partial charge in [0, 0.05) is 5.56 Å². The van der Waals surface area contributed by atoms with Gasteiger partial charge in [-0.3, -0.25) is 4.79 Å². The molecule has 0 aliphatic carbocycles. The fourth-order valence-electron chi connectivity index (χ4n) is 1.07. The molecule has 0 aromatic heterocycles. The second-order valence-electron chi connectivity index (χ2n) is 2.51. The fraction of sp³-hybridized carbons (Fsp3) is 0.200. The topological polar surface area (TPSA) is 30.7 Å². The molecule has 0 saturated heterocycles. The molecule has 0 heterocycles. The number of rotatable bonds is 3. The van der Waals surface area contributed by atoms with E-state index in [0.29, 0.717) is 17.9 Å². The van der Waals surface area contributed by atoms with Crippen LogP contribution < -0.4 is 4.74 Å². The summed E-state index contributed by atoms with van der Waals surface area (Å²) in [6.07, 6.45) is 0.728. The Balaban J connectivity index is 3.07. The molecule has 0 amide bonds. The van der Waals surface area contributed by atoms with Gasteiger partial charge in [0.15, 0.2) is 6.29 Å². The van der Waals surface area contributed by atoms with Crippen LogP contribution in [0.15, 0.2) is 18.2 Å². The molecular formula is C10H9NO2. The molecule has 0 spiro atoms. The molecule has 3 heteroatoms. The van der Waals surface area contributed by atoms with Crippen LogP contribution in [0.2, 0.25) is 0 Å². The summed E-state index contributed by atoms with van der Waals surface area (Å²) in [4.78, 5) is 13.8. The third-order valence-corrected chi connectivity index (χ3v) is 1.68. The first-order chi connectivity index (χ1) is 6.31. The van der Waals surface area contributed by atoms with Crippen molar-refractivity contribution in [3.8, 4) is 5.75 Å². The van der Waals surface area contributed by atoms with Crippen molar-refractivity contribution in [2.75, 3.05) is 7.11 Å². The van der Waals surface area contributed by atoms with E-state index in [2.05, 4.69) is 4.85 Å². The second kappa shape index (κ2) is 4.27. The highest BCUT2D eigenvalue weighted by Crippen LogP contribution is 2.18. The Bertz CT molecular complexity index is 352. The van der Waals surface area contributed by atoms with Gasteiger partial charge in [-0.25, -0.2) is 6.57 Å². The Hall–Kier alpha value is -1.82. The lowest BCUT2D eigenvalue weighted by molar-refractivity contribution is 0.112. The van der Waals surface area contributed by atoms with Gasteiger partial charge >= 0.3 is 0 Å². The highest BCUT2D eigenvalue weighted by atomic mass is 16.5. The minimum Gasteiger partial charge on any atom is -0.496 e. The van der Waals surface area contributed by atoms with Crippen molar-refractivity contribution < 1.29 is 9.53 Å². The predicted molar refractivity (Wildman–Crippen MR) is 48.7 cm³/mol. The molecule has 1 aromatic rings. The van der Waals surface area contributed by atoms with Gasteiger partial charge in [-0.15, -0.1) is 0 Å². The maximum Gasteiger partial charge on any atom is 0.239 e. The van der Waals surface area contributed by atoms with Crippen molar-refractivity contribution in [3.05, 3.63) is 40.7 Å². The number of carbonyl (C=O) groups is 1. The Morgan fingerprint density at radius 2 is 2.38 bits per heavy atom. The first-order valence-electron chi connectivity index (χ1n) is 3.77. The van der Waals surface area contributed by atoms with E-state index >= 15 is 0 Å².